The number of hydrogen-bond donors (Lipinski definition) is 2. The molecule has 0 bridgehead atoms. The van der Waals surface area contributed by atoms with Gasteiger partial charge in [-0.15, -0.1) is 0 Å². The van der Waals surface area contributed by atoms with Crippen molar-refractivity contribution in [1.29, 1.82) is 0 Å². The van der Waals surface area contributed by atoms with E-state index in [-0.39, 0.29) is 37.0 Å². The average molecular weight is 142 g/mol. The van der Waals surface area contributed by atoms with Gasteiger partial charge >= 0.3 is 35.5 Å². The van der Waals surface area contributed by atoms with Crippen LogP contribution in [0.25, 0.3) is 0 Å². The molecule has 0 spiro atoms. The Bertz CT molecular complexity index is 83.7. The van der Waals surface area contributed by atoms with Crippen LogP contribution in [-0.2, 0) is 9.63 Å². The zero-order valence-electron chi connectivity index (χ0n) is 6.81. The molecule has 0 aromatic rings. The Morgan fingerprint density at radius 2 is 2.44 bits per heavy atom. The summed E-state index contributed by atoms with van der Waals surface area (Å²) >= 11 is 0. The predicted octanol–water partition coefficient (Wildman–Crippen LogP) is -3.87. The Balaban J connectivity index is -0.000000245. The smallest absolute Gasteiger partial charge is 1.00 e. The molecule has 0 saturated heterocycles. The number of carbonyl (C=O) groups is 1. The second kappa shape index (κ2) is 8.39. The standard InChI is InChI=1S/C4H10N2O2.Na.H/c1-4(7)8-6-3-2-5;;/h6H,2-3,5H2,1H3;;/q;+1;-1. The van der Waals surface area contributed by atoms with Gasteiger partial charge in [0.1, 0.15) is 0 Å². The van der Waals surface area contributed by atoms with Crippen LogP contribution < -0.4 is 40.8 Å². The van der Waals surface area contributed by atoms with E-state index in [4.69, 9.17) is 5.73 Å². The van der Waals surface area contributed by atoms with Crippen LogP contribution in [0.1, 0.15) is 8.35 Å². The Kier molecular flexibility index (Phi) is 11.3. The van der Waals surface area contributed by atoms with Gasteiger partial charge in [-0.1, -0.05) is 0 Å². The Hall–Kier alpha value is 0.390. The van der Waals surface area contributed by atoms with Crippen molar-refractivity contribution in [2.45, 2.75) is 6.92 Å². The van der Waals surface area contributed by atoms with Crippen molar-refractivity contribution in [2.75, 3.05) is 13.1 Å². The average Bonchev–Trinajstić information content (AvgIpc) is 1.66. The molecule has 0 aromatic carbocycles. The molecule has 0 saturated carbocycles. The normalized spacial score (nSPS) is 7.78. The largest absolute Gasteiger partial charge is 1.00 e. The first-order valence-corrected chi connectivity index (χ1v) is 2.37. The summed E-state index contributed by atoms with van der Waals surface area (Å²) in [6.07, 6.45) is 0. The molecule has 0 unspecified atom stereocenters. The minimum atomic E-state index is -0.349. The van der Waals surface area contributed by atoms with Gasteiger partial charge < -0.3 is 12.0 Å². The number of carbonyl (C=O) groups excluding carboxylic acids is 1. The van der Waals surface area contributed by atoms with E-state index >= 15 is 0 Å². The summed E-state index contributed by atoms with van der Waals surface area (Å²) in [7, 11) is 0. The van der Waals surface area contributed by atoms with Crippen molar-refractivity contribution in [3.63, 3.8) is 0 Å². The van der Waals surface area contributed by atoms with Crippen LogP contribution in [0.3, 0.4) is 0 Å². The van der Waals surface area contributed by atoms with E-state index < -0.39 is 0 Å². The van der Waals surface area contributed by atoms with Crippen molar-refractivity contribution < 1.29 is 40.6 Å². The summed E-state index contributed by atoms with van der Waals surface area (Å²) in [4.78, 5) is 14.3. The van der Waals surface area contributed by atoms with E-state index in [0.717, 1.165) is 0 Å². The fraction of sp³-hybridized carbons (Fsp3) is 0.750. The van der Waals surface area contributed by atoms with Crippen molar-refractivity contribution in [2.24, 2.45) is 5.73 Å². The van der Waals surface area contributed by atoms with E-state index in [9.17, 15) is 4.79 Å². The molecule has 3 N–H and O–H groups in total. The number of nitrogens with two attached hydrogens (primary N) is 1. The quantitative estimate of drug-likeness (QED) is 0.240. The second-order valence-electron chi connectivity index (χ2n) is 1.28. The first kappa shape index (κ1) is 12.1. The number of hydroxylamine groups is 1. The molecule has 0 aliphatic carbocycles. The summed E-state index contributed by atoms with van der Waals surface area (Å²) < 4.78 is 0. The minimum absolute atomic E-state index is 0. The predicted molar refractivity (Wildman–Crippen MR) is 29.9 cm³/mol. The third-order valence-electron chi connectivity index (χ3n) is 0.462. The molecule has 0 aliphatic heterocycles. The molecule has 0 rings (SSSR count). The van der Waals surface area contributed by atoms with Gasteiger partial charge in [0.25, 0.3) is 0 Å². The van der Waals surface area contributed by atoms with Gasteiger partial charge in [-0.05, 0) is 0 Å². The van der Waals surface area contributed by atoms with Gasteiger partial charge in [0.05, 0.1) is 0 Å². The van der Waals surface area contributed by atoms with Gasteiger partial charge in [-0.3, -0.25) is 4.79 Å². The zero-order chi connectivity index (χ0) is 6.41. The van der Waals surface area contributed by atoms with Gasteiger partial charge in [-0.25, -0.2) is 0 Å². The third kappa shape index (κ3) is 11.8. The van der Waals surface area contributed by atoms with E-state index in [0.29, 0.717) is 13.1 Å². The summed E-state index contributed by atoms with van der Waals surface area (Å²) in [6, 6.07) is 0. The topological polar surface area (TPSA) is 64.3 Å². The van der Waals surface area contributed by atoms with Crippen molar-refractivity contribution in [3.8, 4) is 0 Å². The Labute approximate surface area is 77.9 Å². The van der Waals surface area contributed by atoms with Crippen molar-refractivity contribution >= 4 is 5.97 Å². The summed E-state index contributed by atoms with van der Waals surface area (Å²) in [5.74, 6) is -0.349. The Morgan fingerprint density at radius 3 is 2.78 bits per heavy atom. The van der Waals surface area contributed by atoms with Crippen LogP contribution >= 0.6 is 0 Å². The van der Waals surface area contributed by atoms with Crippen molar-refractivity contribution in [3.05, 3.63) is 0 Å². The molecule has 0 fully saturated rings. The summed E-state index contributed by atoms with van der Waals surface area (Å²) in [5, 5.41) is 0. The number of nitrogens with one attached hydrogen (secondary N) is 1. The van der Waals surface area contributed by atoms with Crippen LogP contribution in [0.4, 0.5) is 0 Å². The molecule has 5 heteroatoms. The van der Waals surface area contributed by atoms with Crippen LogP contribution in [0, 0.1) is 0 Å². The number of hydrogen-bond acceptors (Lipinski definition) is 4. The molecule has 0 aliphatic rings. The third-order valence-corrected chi connectivity index (χ3v) is 0.462. The van der Waals surface area contributed by atoms with Crippen LogP contribution in [0.15, 0.2) is 0 Å². The minimum Gasteiger partial charge on any atom is -1.00 e. The SMILES string of the molecule is CC(=O)ONCCN.[H-].[Na+]. The molecular formula is C4H11N2NaO2. The molecule has 9 heavy (non-hydrogen) atoms. The maximum atomic E-state index is 9.99. The van der Waals surface area contributed by atoms with Gasteiger partial charge in [0, 0.05) is 20.0 Å². The number of rotatable bonds is 3. The summed E-state index contributed by atoms with van der Waals surface area (Å²) in [5.41, 5.74) is 7.42. The summed E-state index contributed by atoms with van der Waals surface area (Å²) in [6.45, 7) is 2.29. The maximum Gasteiger partial charge on any atom is 1.00 e. The monoisotopic (exact) mass is 142 g/mol. The zero-order valence-corrected chi connectivity index (χ0v) is 7.81. The molecule has 50 valence electrons. The molecule has 0 atom stereocenters. The van der Waals surface area contributed by atoms with Crippen molar-refractivity contribution in [1.82, 2.24) is 5.48 Å². The van der Waals surface area contributed by atoms with E-state index in [1.807, 2.05) is 0 Å². The first-order chi connectivity index (χ1) is 3.77. The van der Waals surface area contributed by atoms with E-state index in [1.54, 1.807) is 0 Å². The molecule has 0 aromatic heterocycles. The second-order valence-corrected chi connectivity index (χ2v) is 1.28. The van der Waals surface area contributed by atoms with E-state index in [1.165, 1.54) is 6.92 Å². The van der Waals surface area contributed by atoms with E-state index in [2.05, 4.69) is 10.3 Å². The van der Waals surface area contributed by atoms with Crippen LogP contribution in [0.2, 0.25) is 0 Å². The molecule has 0 heterocycles. The van der Waals surface area contributed by atoms with Gasteiger partial charge in [0.2, 0.25) is 0 Å². The molecule has 0 amide bonds. The fourth-order valence-electron chi connectivity index (χ4n) is 0.212. The molecular weight excluding hydrogens is 131 g/mol. The van der Waals surface area contributed by atoms with Gasteiger partial charge in [0.15, 0.2) is 0 Å². The maximum absolute atomic E-state index is 9.99. The van der Waals surface area contributed by atoms with Crippen LogP contribution in [-0.4, -0.2) is 19.1 Å². The first-order valence-electron chi connectivity index (χ1n) is 2.37. The molecule has 0 radical (unpaired) electrons. The molecule has 4 nitrogen and oxygen atoms in total. The Morgan fingerprint density at radius 1 is 1.89 bits per heavy atom. The fourth-order valence-corrected chi connectivity index (χ4v) is 0.212. The van der Waals surface area contributed by atoms with Gasteiger partial charge in [-0.2, -0.15) is 5.48 Å². The van der Waals surface area contributed by atoms with Crippen LogP contribution in [0.5, 0.6) is 0 Å².